The predicted octanol–water partition coefficient (Wildman–Crippen LogP) is 2.50. The summed E-state index contributed by atoms with van der Waals surface area (Å²) in [5.74, 6) is 5.81. The summed E-state index contributed by atoms with van der Waals surface area (Å²) in [4.78, 5) is 33.2. The Labute approximate surface area is 194 Å². The van der Waals surface area contributed by atoms with Gasteiger partial charge in [0, 0.05) is 36.9 Å². The van der Waals surface area contributed by atoms with Crippen molar-refractivity contribution < 1.29 is 4.79 Å². The molecule has 0 saturated heterocycles. The van der Waals surface area contributed by atoms with Gasteiger partial charge in [0.25, 0.3) is 11.5 Å². The molecule has 168 valence electrons. The minimum Gasteiger partial charge on any atom is -0.344 e. The Morgan fingerprint density at radius 1 is 1.24 bits per heavy atom. The number of rotatable bonds is 3. The van der Waals surface area contributed by atoms with E-state index in [4.69, 9.17) is 0 Å². The van der Waals surface area contributed by atoms with Crippen LogP contribution >= 0.6 is 0 Å². The molecule has 0 aliphatic carbocycles. The summed E-state index contributed by atoms with van der Waals surface area (Å²) in [6, 6.07) is 8.68. The normalized spacial score (nSPS) is 11.9. The molecule has 0 saturated carbocycles. The van der Waals surface area contributed by atoms with Crippen molar-refractivity contribution in [1.29, 1.82) is 0 Å². The van der Waals surface area contributed by atoms with E-state index in [1.165, 1.54) is 0 Å². The molecule has 1 aromatic carbocycles. The minimum absolute atomic E-state index is 0.265. The molecule has 0 radical (unpaired) electrons. The summed E-state index contributed by atoms with van der Waals surface area (Å²) in [5, 5.41) is 12.6. The third-order valence-electron chi connectivity index (χ3n) is 5.55. The number of fused-ring (bicyclic) bond motifs is 2. The molecule has 9 heteroatoms. The average molecular weight is 451 g/mol. The lowest BCUT2D eigenvalue weighted by molar-refractivity contribution is 0.0940. The molecule has 2 N–H and O–H groups in total. The first-order valence-corrected chi connectivity index (χ1v) is 10.7. The third kappa shape index (κ3) is 3.82. The van der Waals surface area contributed by atoms with Crippen LogP contribution in [0.4, 0.5) is 0 Å². The summed E-state index contributed by atoms with van der Waals surface area (Å²) in [6.45, 7) is 3.58. The molecule has 5 aromatic rings. The highest BCUT2D eigenvalue weighted by Crippen LogP contribution is 2.20. The first kappa shape index (κ1) is 21.2. The second-order valence-corrected chi connectivity index (χ2v) is 8.02. The van der Waals surface area contributed by atoms with Crippen molar-refractivity contribution >= 4 is 22.3 Å². The monoisotopic (exact) mass is 451 g/mol. The van der Waals surface area contributed by atoms with Crippen LogP contribution in [-0.4, -0.2) is 35.3 Å². The second kappa shape index (κ2) is 8.33. The number of carbonyl (C=O) groups is 1. The number of amides is 1. The Bertz CT molecular complexity index is 1680. The lowest BCUT2D eigenvalue weighted by Gasteiger charge is -2.15. The van der Waals surface area contributed by atoms with Gasteiger partial charge < -0.3 is 10.3 Å². The number of carbonyl (C=O) groups excluding carboxylic acids is 1. The van der Waals surface area contributed by atoms with Crippen LogP contribution in [0.2, 0.25) is 0 Å². The molecular formula is C25H21N7O2. The topological polar surface area (TPSA) is 110 Å². The van der Waals surface area contributed by atoms with Crippen LogP contribution in [0.1, 0.15) is 45.8 Å². The largest absolute Gasteiger partial charge is 0.344 e. The lowest BCUT2D eigenvalue weighted by Crippen LogP contribution is -2.29. The molecule has 1 unspecified atom stereocenters. The molecular weight excluding hydrogens is 430 g/mol. The Morgan fingerprint density at radius 3 is 2.88 bits per heavy atom. The fourth-order valence-corrected chi connectivity index (χ4v) is 3.91. The molecule has 0 fully saturated rings. The van der Waals surface area contributed by atoms with E-state index in [2.05, 4.69) is 37.3 Å². The van der Waals surface area contributed by atoms with E-state index in [1.54, 1.807) is 40.8 Å². The van der Waals surface area contributed by atoms with Gasteiger partial charge in [-0.25, -0.2) is 9.50 Å². The summed E-state index contributed by atoms with van der Waals surface area (Å²) in [5.41, 5.74) is 3.17. The lowest BCUT2D eigenvalue weighted by atomic mass is 10.0. The van der Waals surface area contributed by atoms with Gasteiger partial charge in [0.1, 0.15) is 5.56 Å². The van der Waals surface area contributed by atoms with E-state index in [-0.39, 0.29) is 11.5 Å². The van der Waals surface area contributed by atoms with Gasteiger partial charge in [-0.1, -0.05) is 24.0 Å². The molecule has 4 heterocycles. The van der Waals surface area contributed by atoms with Crippen LogP contribution < -0.4 is 10.9 Å². The zero-order chi connectivity index (χ0) is 23.8. The maximum absolute atomic E-state index is 13.0. The zero-order valence-corrected chi connectivity index (χ0v) is 18.8. The van der Waals surface area contributed by atoms with Crippen LogP contribution in [0.15, 0.2) is 59.9 Å². The summed E-state index contributed by atoms with van der Waals surface area (Å²) < 4.78 is 3.24. The van der Waals surface area contributed by atoms with Gasteiger partial charge in [-0.15, -0.1) is 0 Å². The van der Waals surface area contributed by atoms with Gasteiger partial charge in [0.05, 0.1) is 28.9 Å². The highest BCUT2D eigenvalue weighted by Gasteiger charge is 2.21. The Hall–Kier alpha value is -4.71. The van der Waals surface area contributed by atoms with E-state index in [9.17, 15) is 9.59 Å². The maximum atomic E-state index is 13.0. The summed E-state index contributed by atoms with van der Waals surface area (Å²) >= 11 is 0. The third-order valence-corrected chi connectivity index (χ3v) is 5.55. The van der Waals surface area contributed by atoms with E-state index in [0.29, 0.717) is 33.5 Å². The van der Waals surface area contributed by atoms with Gasteiger partial charge in [-0.3, -0.25) is 14.3 Å². The second-order valence-electron chi connectivity index (χ2n) is 8.02. The van der Waals surface area contributed by atoms with Crippen molar-refractivity contribution in [2.45, 2.75) is 19.9 Å². The molecule has 0 aliphatic heterocycles. The predicted molar refractivity (Wildman–Crippen MR) is 127 cm³/mol. The van der Waals surface area contributed by atoms with E-state index < -0.39 is 6.04 Å². The van der Waals surface area contributed by atoms with Gasteiger partial charge in [-0.2, -0.15) is 10.2 Å². The smallest absolute Gasteiger partial charge is 0.257 e. The van der Waals surface area contributed by atoms with Crippen LogP contribution in [0.5, 0.6) is 0 Å². The van der Waals surface area contributed by atoms with Gasteiger partial charge in [0.15, 0.2) is 5.65 Å². The molecule has 1 atom stereocenters. The van der Waals surface area contributed by atoms with E-state index in [1.807, 2.05) is 44.4 Å². The highest BCUT2D eigenvalue weighted by atomic mass is 16.2. The first-order valence-electron chi connectivity index (χ1n) is 10.7. The van der Waals surface area contributed by atoms with E-state index >= 15 is 0 Å². The van der Waals surface area contributed by atoms with Crippen LogP contribution in [-0.2, 0) is 7.05 Å². The molecule has 5 rings (SSSR count). The fourth-order valence-electron chi connectivity index (χ4n) is 3.91. The van der Waals surface area contributed by atoms with Crippen molar-refractivity contribution in [1.82, 2.24) is 34.7 Å². The number of benzene rings is 1. The van der Waals surface area contributed by atoms with Crippen molar-refractivity contribution in [3.8, 4) is 11.8 Å². The number of H-pyrrole nitrogens is 1. The van der Waals surface area contributed by atoms with Gasteiger partial charge in [-0.05, 0) is 37.4 Å². The number of nitrogens with zero attached hydrogens (tertiary/aromatic N) is 5. The summed E-state index contributed by atoms with van der Waals surface area (Å²) in [7, 11) is 1.82. The number of aromatic amines is 1. The number of hydrogen-bond donors (Lipinski definition) is 2. The van der Waals surface area contributed by atoms with Crippen molar-refractivity contribution in [2.75, 3.05) is 0 Å². The minimum atomic E-state index is -0.451. The first-order chi connectivity index (χ1) is 16.4. The molecule has 9 nitrogen and oxygen atoms in total. The number of aryl methyl sites for hydroxylation is 2. The summed E-state index contributed by atoms with van der Waals surface area (Å²) in [6.07, 6.45) is 6.84. The standard InChI is InChI=1S/C25H21N7O2/c1-15(28-24(33)21-16(2)30-32-11-5-10-26-23(21)32)20-12-19-7-4-6-18(22(19)25(34)29-20)9-8-17-13-27-31(3)14-17/h4-7,10-15H,1-3H3,(H,28,33)(H,29,34). The van der Waals surface area contributed by atoms with Crippen molar-refractivity contribution in [3.63, 3.8) is 0 Å². The fraction of sp³-hybridized carbons (Fsp3) is 0.160. The maximum Gasteiger partial charge on any atom is 0.257 e. The molecule has 1 amide bonds. The Morgan fingerprint density at radius 2 is 2.09 bits per heavy atom. The zero-order valence-electron chi connectivity index (χ0n) is 18.8. The van der Waals surface area contributed by atoms with Gasteiger partial charge in [0.2, 0.25) is 0 Å². The molecule has 0 aliphatic rings. The Kier molecular flexibility index (Phi) is 5.18. The number of aromatic nitrogens is 6. The van der Waals surface area contributed by atoms with E-state index in [0.717, 1.165) is 10.9 Å². The van der Waals surface area contributed by atoms with Crippen LogP contribution in [0.25, 0.3) is 16.4 Å². The quantitative estimate of drug-likeness (QED) is 0.410. The molecule has 4 aromatic heterocycles. The average Bonchev–Trinajstić information content (AvgIpc) is 3.38. The molecule has 34 heavy (non-hydrogen) atoms. The number of hydrogen-bond acceptors (Lipinski definition) is 5. The van der Waals surface area contributed by atoms with Crippen LogP contribution in [0, 0.1) is 18.8 Å². The Balaban J connectivity index is 1.46. The molecule has 0 spiro atoms. The number of nitrogens with one attached hydrogen (secondary N) is 2. The van der Waals surface area contributed by atoms with Crippen molar-refractivity contribution in [2.24, 2.45) is 7.05 Å². The molecule has 0 bridgehead atoms. The van der Waals surface area contributed by atoms with Crippen molar-refractivity contribution in [3.05, 3.63) is 93.6 Å². The highest BCUT2D eigenvalue weighted by molar-refractivity contribution is 6.01. The SMILES string of the molecule is Cc1nn2cccnc2c1C(=O)NC(C)c1cc2cccc(C#Cc3cnn(C)c3)c2c(=O)[nH]1. The number of pyridine rings is 1. The van der Waals surface area contributed by atoms with Crippen LogP contribution in [0.3, 0.4) is 0 Å². The van der Waals surface area contributed by atoms with Gasteiger partial charge >= 0.3 is 0 Å².